The molecule has 3 rings (SSSR count). The van der Waals surface area contributed by atoms with Gasteiger partial charge in [0.2, 0.25) is 5.78 Å². The van der Waals surface area contributed by atoms with E-state index in [1.165, 1.54) is 6.07 Å². The molecule has 28 heavy (non-hydrogen) atoms. The average Bonchev–Trinajstić information content (AvgIpc) is 2.98. The van der Waals surface area contributed by atoms with Crippen LogP contribution in [0.1, 0.15) is 32.1 Å². The fourth-order valence-corrected chi connectivity index (χ4v) is 3.32. The van der Waals surface area contributed by atoms with Crippen LogP contribution in [0.2, 0.25) is 0 Å². The number of esters is 1. The van der Waals surface area contributed by atoms with E-state index in [4.69, 9.17) is 9.47 Å². The number of hydrogen-bond acceptors (Lipinski definition) is 5. The zero-order chi connectivity index (χ0) is 20.3. The molecule has 0 unspecified atom stereocenters. The molecule has 0 aliphatic carbocycles. The van der Waals surface area contributed by atoms with Crippen LogP contribution in [0.3, 0.4) is 0 Å². The normalized spacial score (nSPS) is 11.0. The minimum absolute atomic E-state index is 0.0390. The van der Waals surface area contributed by atoms with Crippen LogP contribution < -0.4 is 0 Å². The molecule has 0 bridgehead atoms. The number of phenols is 1. The van der Waals surface area contributed by atoms with E-state index in [2.05, 4.69) is 0 Å². The zero-order valence-corrected chi connectivity index (χ0v) is 16.2. The molecule has 146 valence electrons. The van der Waals surface area contributed by atoms with Crippen LogP contribution in [0.4, 0.5) is 0 Å². The lowest BCUT2D eigenvalue weighted by atomic mass is 10.1. The molecule has 0 radical (unpaired) electrons. The van der Waals surface area contributed by atoms with Gasteiger partial charge >= 0.3 is 5.97 Å². The van der Waals surface area contributed by atoms with Gasteiger partial charge in [0.25, 0.3) is 0 Å². The Morgan fingerprint density at radius 1 is 1.07 bits per heavy atom. The topological polar surface area (TPSA) is 77.8 Å². The van der Waals surface area contributed by atoms with Gasteiger partial charge in [0.15, 0.2) is 6.61 Å². The summed E-state index contributed by atoms with van der Waals surface area (Å²) in [6, 6.07) is 12.2. The van der Waals surface area contributed by atoms with Crippen molar-refractivity contribution in [3.05, 3.63) is 65.0 Å². The number of rotatable bonds is 7. The molecule has 0 atom stereocenters. The number of fused-ring (bicyclic) bond motifs is 1. The molecule has 2 aromatic carbocycles. The van der Waals surface area contributed by atoms with Gasteiger partial charge in [0, 0.05) is 36.0 Å². The molecule has 0 amide bonds. The van der Waals surface area contributed by atoms with E-state index >= 15 is 0 Å². The first kappa shape index (κ1) is 19.6. The summed E-state index contributed by atoms with van der Waals surface area (Å²) in [4.78, 5) is 24.9. The third kappa shape index (κ3) is 3.77. The van der Waals surface area contributed by atoms with Crippen molar-refractivity contribution >= 4 is 22.5 Å². The number of ether oxygens (including phenoxy) is 2. The lowest BCUT2D eigenvalue weighted by molar-refractivity contribution is 0.0472. The Bertz CT molecular complexity index is 1030. The Morgan fingerprint density at radius 3 is 2.57 bits per heavy atom. The van der Waals surface area contributed by atoms with E-state index in [-0.39, 0.29) is 23.7 Å². The highest BCUT2D eigenvalue weighted by molar-refractivity contribution is 6.03. The van der Waals surface area contributed by atoms with Crippen molar-refractivity contribution < 1.29 is 24.2 Å². The molecule has 1 aromatic heterocycles. The van der Waals surface area contributed by atoms with Crippen molar-refractivity contribution in [2.75, 3.05) is 20.3 Å². The molecular formula is C22H23NO5. The number of phenolic OH excluding ortho intramolecular Hbond substituents is 1. The highest BCUT2D eigenvalue weighted by Gasteiger charge is 2.20. The van der Waals surface area contributed by atoms with E-state index in [0.29, 0.717) is 24.1 Å². The van der Waals surface area contributed by atoms with Gasteiger partial charge in [-0.25, -0.2) is 4.79 Å². The second-order valence-electron chi connectivity index (χ2n) is 6.61. The van der Waals surface area contributed by atoms with E-state index in [1.807, 2.05) is 30.5 Å². The van der Waals surface area contributed by atoms with Gasteiger partial charge < -0.3 is 19.1 Å². The van der Waals surface area contributed by atoms with Crippen LogP contribution in [0.25, 0.3) is 10.8 Å². The molecule has 0 saturated heterocycles. The number of Topliss-reactive ketones (excluding diaryl/α,β-unsaturated/α-hetero) is 1. The predicted molar refractivity (Wildman–Crippen MR) is 106 cm³/mol. The molecule has 0 saturated carbocycles. The number of carbonyl (C=O) groups is 2. The number of hydrogen-bond donors (Lipinski definition) is 1. The number of nitrogens with zero attached hydrogens (tertiary/aromatic N) is 1. The molecule has 0 fully saturated rings. The summed E-state index contributed by atoms with van der Waals surface area (Å²) in [6.07, 6.45) is 0. The van der Waals surface area contributed by atoms with Gasteiger partial charge in [0.05, 0.1) is 6.61 Å². The van der Waals surface area contributed by atoms with Gasteiger partial charge in [-0.1, -0.05) is 30.3 Å². The predicted octanol–water partition coefficient (Wildman–Crippen LogP) is 3.65. The second-order valence-corrected chi connectivity index (χ2v) is 6.61. The summed E-state index contributed by atoms with van der Waals surface area (Å²) >= 11 is 0. The number of aromatic nitrogens is 1. The standard InChI is InChI=1S/C22H23NO5/c1-14-12-19(15(2)23(14)10-11-27-3)20(24)13-28-22(26)18-9-8-16-6-4-5-7-17(16)21(18)25/h4-9,12,25H,10-11,13H2,1-3H3. The van der Waals surface area contributed by atoms with Crippen molar-refractivity contribution in [3.8, 4) is 5.75 Å². The summed E-state index contributed by atoms with van der Waals surface area (Å²) in [7, 11) is 1.63. The summed E-state index contributed by atoms with van der Waals surface area (Å²) in [5.74, 6) is -1.16. The molecule has 0 aliphatic rings. The number of benzene rings is 2. The fourth-order valence-electron chi connectivity index (χ4n) is 3.32. The van der Waals surface area contributed by atoms with Gasteiger partial charge in [-0.05, 0) is 31.4 Å². The van der Waals surface area contributed by atoms with Crippen molar-refractivity contribution in [1.29, 1.82) is 0 Å². The lowest BCUT2D eigenvalue weighted by Crippen LogP contribution is -2.15. The van der Waals surface area contributed by atoms with Crippen LogP contribution in [-0.4, -0.2) is 41.7 Å². The fraction of sp³-hybridized carbons (Fsp3) is 0.273. The molecule has 6 heteroatoms. The second kappa shape index (κ2) is 8.27. The van der Waals surface area contributed by atoms with Crippen molar-refractivity contribution in [2.24, 2.45) is 0 Å². The Balaban J connectivity index is 1.73. The van der Waals surface area contributed by atoms with E-state index in [0.717, 1.165) is 16.8 Å². The molecular weight excluding hydrogens is 358 g/mol. The highest BCUT2D eigenvalue weighted by atomic mass is 16.5. The molecule has 3 aromatic rings. The SMILES string of the molecule is COCCn1c(C)cc(C(=O)COC(=O)c2ccc3ccccc3c2O)c1C. The summed E-state index contributed by atoms with van der Waals surface area (Å²) in [6.45, 7) is 4.57. The molecule has 0 aliphatic heterocycles. The highest BCUT2D eigenvalue weighted by Crippen LogP contribution is 2.29. The molecule has 1 heterocycles. The smallest absolute Gasteiger partial charge is 0.342 e. The summed E-state index contributed by atoms with van der Waals surface area (Å²) in [5.41, 5.74) is 2.31. The van der Waals surface area contributed by atoms with Crippen molar-refractivity contribution in [1.82, 2.24) is 4.57 Å². The maximum atomic E-state index is 12.6. The third-order valence-electron chi connectivity index (χ3n) is 4.85. The summed E-state index contributed by atoms with van der Waals surface area (Å²) in [5, 5.41) is 11.7. The quantitative estimate of drug-likeness (QED) is 0.499. The van der Waals surface area contributed by atoms with E-state index in [9.17, 15) is 14.7 Å². The first-order valence-electron chi connectivity index (χ1n) is 9.00. The first-order chi connectivity index (χ1) is 13.4. The average molecular weight is 381 g/mol. The largest absolute Gasteiger partial charge is 0.506 e. The third-order valence-corrected chi connectivity index (χ3v) is 4.85. The maximum Gasteiger partial charge on any atom is 0.342 e. The minimum Gasteiger partial charge on any atom is -0.506 e. The Labute approximate surface area is 163 Å². The number of methoxy groups -OCH3 is 1. The number of ketones is 1. The van der Waals surface area contributed by atoms with Crippen LogP contribution in [0, 0.1) is 13.8 Å². The lowest BCUT2D eigenvalue weighted by Gasteiger charge is -2.10. The number of carbonyl (C=O) groups excluding carboxylic acids is 2. The number of aromatic hydroxyl groups is 1. The van der Waals surface area contributed by atoms with Gasteiger partial charge in [0.1, 0.15) is 11.3 Å². The van der Waals surface area contributed by atoms with Crippen molar-refractivity contribution in [2.45, 2.75) is 20.4 Å². The maximum absolute atomic E-state index is 12.6. The Hall–Kier alpha value is -3.12. The van der Waals surface area contributed by atoms with Gasteiger partial charge in [-0.15, -0.1) is 0 Å². The zero-order valence-electron chi connectivity index (χ0n) is 16.2. The molecule has 1 N–H and O–H groups in total. The minimum atomic E-state index is -0.732. The Kier molecular flexibility index (Phi) is 5.80. The first-order valence-corrected chi connectivity index (χ1v) is 9.00. The van der Waals surface area contributed by atoms with E-state index in [1.54, 1.807) is 31.4 Å². The monoisotopic (exact) mass is 381 g/mol. The van der Waals surface area contributed by atoms with Gasteiger partial charge in [-0.3, -0.25) is 4.79 Å². The Morgan fingerprint density at radius 2 is 1.82 bits per heavy atom. The number of aryl methyl sites for hydroxylation is 1. The summed E-state index contributed by atoms with van der Waals surface area (Å²) < 4.78 is 12.3. The van der Waals surface area contributed by atoms with E-state index < -0.39 is 5.97 Å². The van der Waals surface area contributed by atoms with Crippen LogP contribution in [-0.2, 0) is 16.0 Å². The molecule has 6 nitrogen and oxygen atoms in total. The van der Waals surface area contributed by atoms with Crippen LogP contribution in [0.5, 0.6) is 5.75 Å². The van der Waals surface area contributed by atoms with Crippen molar-refractivity contribution in [3.63, 3.8) is 0 Å². The molecule has 0 spiro atoms. The van der Waals surface area contributed by atoms with Gasteiger partial charge in [-0.2, -0.15) is 0 Å². The van der Waals surface area contributed by atoms with Crippen LogP contribution >= 0.6 is 0 Å². The van der Waals surface area contributed by atoms with Crippen LogP contribution in [0.15, 0.2) is 42.5 Å².